The Morgan fingerprint density at radius 1 is 1.13 bits per heavy atom. The number of methoxy groups -OCH3 is 1. The number of nitrogens with zero attached hydrogens (tertiary/aromatic N) is 2. The van der Waals surface area contributed by atoms with Crippen LogP contribution in [0.4, 0.5) is 5.69 Å². The second-order valence-electron chi connectivity index (χ2n) is 4.77. The summed E-state index contributed by atoms with van der Waals surface area (Å²) in [7, 11) is 1.60. The van der Waals surface area contributed by atoms with Crippen molar-refractivity contribution in [2.24, 2.45) is 0 Å². The van der Waals surface area contributed by atoms with Crippen LogP contribution in [0.1, 0.15) is 10.5 Å². The van der Waals surface area contributed by atoms with Gasteiger partial charge in [0.2, 0.25) is 0 Å². The van der Waals surface area contributed by atoms with Crippen molar-refractivity contribution in [3.8, 4) is 11.4 Å². The van der Waals surface area contributed by atoms with Crippen molar-refractivity contribution in [2.45, 2.75) is 0 Å². The monoisotopic (exact) mass is 327 g/mol. The molecule has 0 fully saturated rings. The number of hydrogen-bond donors (Lipinski definition) is 1. The van der Waals surface area contributed by atoms with E-state index in [-0.39, 0.29) is 16.8 Å². The molecule has 1 heterocycles. The van der Waals surface area contributed by atoms with Crippen LogP contribution in [-0.2, 0) is 0 Å². The number of ether oxygens (including phenoxy) is 1. The number of anilines is 1. The Labute approximate surface area is 138 Å². The SMILES string of the molecule is COc1ccc(-n2cnc(Cl)c2C(=O)Nc2ccccc2)cc1. The van der Waals surface area contributed by atoms with E-state index in [0.717, 1.165) is 11.4 Å². The van der Waals surface area contributed by atoms with E-state index in [2.05, 4.69) is 10.3 Å². The summed E-state index contributed by atoms with van der Waals surface area (Å²) >= 11 is 6.10. The number of imidazole rings is 1. The van der Waals surface area contributed by atoms with E-state index in [9.17, 15) is 4.79 Å². The number of amides is 1. The molecule has 3 aromatic rings. The van der Waals surface area contributed by atoms with E-state index >= 15 is 0 Å². The molecule has 0 aliphatic carbocycles. The van der Waals surface area contributed by atoms with Gasteiger partial charge < -0.3 is 10.1 Å². The summed E-state index contributed by atoms with van der Waals surface area (Å²) in [4.78, 5) is 16.6. The lowest BCUT2D eigenvalue weighted by molar-refractivity contribution is 0.102. The Morgan fingerprint density at radius 2 is 1.83 bits per heavy atom. The third kappa shape index (κ3) is 3.19. The average Bonchev–Trinajstić information content (AvgIpc) is 2.97. The molecule has 0 aliphatic heterocycles. The van der Waals surface area contributed by atoms with Crippen LogP contribution in [0.3, 0.4) is 0 Å². The lowest BCUT2D eigenvalue weighted by atomic mass is 10.2. The number of benzene rings is 2. The Morgan fingerprint density at radius 3 is 2.48 bits per heavy atom. The van der Waals surface area contributed by atoms with Crippen LogP contribution in [0.15, 0.2) is 60.9 Å². The van der Waals surface area contributed by atoms with E-state index in [1.807, 2.05) is 42.5 Å². The van der Waals surface area contributed by atoms with Gasteiger partial charge >= 0.3 is 0 Å². The summed E-state index contributed by atoms with van der Waals surface area (Å²) in [6.45, 7) is 0. The number of para-hydroxylation sites is 1. The van der Waals surface area contributed by atoms with Gasteiger partial charge in [0.15, 0.2) is 10.8 Å². The molecule has 3 rings (SSSR count). The first-order valence-corrected chi connectivity index (χ1v) is 7.30. The predicted octanol–water partition coefficient (Wildman–Crippen LogP) is 3.79. The molecule has 1 amide bonds. The summed E-state index contributed by atoms with van der Waals surface area (Å²) < 4.78 is 6.78. The molecule has 0 radical (unpaired) electrons. The fraction of sp³-hybridized carbons (Fsp3) is 0.0588. The van der Waals surface area contributed by atoms with E-state index in [0.29, 0.717) is 5.69 Å². The van der Waals surface area contributed by atoms with E-state index in [1.165, 1.54) is 6.33 Å². The third-order valence-corrected chi connectivity index (χ3v) is 3.60. The number of nitrogens with one attached hydrogen (secondary N) is 1. The minimum Gasteiger partial charge on any atom is -0.497 e. The topological polar surface area (TPSA) is 56.2 Å². The highest BCUT2D eigenvalue weighted by Crippen LogP contribution is 2.22. The standard InChI is InChI=1S/C17H14ClN3O2/c1-23-14-9-7-13(8-10-14)21-11-19-16(18)15(21)17(22)20-12-5-3-2-4-6-12/h2-11H,1H3,(H,20,22). The Bertz CT molecular complexity index is 814. The van der Waals surface area contributed by atoms with Crippen LogP contribution in [0.25, 0.3) is 5.69 Å². The molecule has 0 saturated carbocycles. The summed E-state index contributed by atoms with van der Waals surface area (Å²) in [5.41, 5.74) is 1.74. The quantitative estimate of drug-likeness (QED) is 0.793. The van der Waals surface area contributed by atoms with E-state index in [4.69, 9.17) is 16.3 Å². The minimum absolute atomic E-state index is 0.147. The summed E-state index contributed by atoms with van der Waals surface area (Å²) in [6, 6.07) is 16.5. The number of halogens is 1. The van der Waals surface area contributed by atoms with Crippen molar-refractivity contribution in [3.05, 3.63) is 71.8 Å². The number of hydrogen-bond acceptors (Lipinski definition) is 3. The van der Waals surface area contributed by atoms with Crippen molar-refractivity contribution in [3.63, 3.8) is 0 Å². The Balaban J connectivity index is 1.93. The molecule has 2 aromatic carbocycles. The molecular formula is C17H14ClN3O2. The maximum atomic E-state index is 12.5. The van der Waals surface area contributed by atoms with Gasteiger partial charge in [-0.2, -0.15) is 0 Å². The van der Waals surface area contributed by atoms with Crippen LogP contribution in [0.2, 0.25) is 5.15 Å². The molecule has 6 heteroatoms. The zero-order valence-corrected chi connectivity index (χ0v) is 13.1. The molecule has 0 unspecified atom stereocenters. The van der Waals surface area contributed by atoms with Crippen LogP contribution in [-0.4, -0.2) is 22.6 Å². The first kappa shape index (κ1) is 15.1. The second kappa shape index (κ2) is 6.54. The molecule has 0 bridgehead atoms. The molecule has 0 aliphatic rings. The molecule has 0 saturated heterocycles. The van der Waals surface area contributed by atoms with Gasteiger partial charge in [-0.1, -0.05) is 29.8 Å². The highest BCUT2D eigenvalue weighted by Gasteiger charge is 2.18. The van der Waals surface area contributed by atoms with Gasteiger partial charge in [-0.05, 0) is 36.4 Å². The Kier molecular flexibility index (Phi) is 4.30. The summed E-state index contributed by atoms with van der Waals surface area (Å²) in [5.74, 6) is 0.407. The van der Waals surface area contributed by atoms with Gasteiger partial charge in [0.05, 0.1) is 7.11 Å². The van der Waals surface area contributed by atoms with Crippen molar-refractivity contribution in [2.75, 3.05) is 12.4 Å². The number of rotatable bonds is 4. The predicted molar refractivity (Wildman–Crippen MR) is 89.5 cm³/mol. The summed E-state index contributed by atoms with van der Waals surface area (Å²) in [5, 5.41) is 2.96. The highest BCUT2D eigenvalue weighted by atomic mass is 35.5. The van der Waals surface area contributed by atoms with Crippen LogP contribution >= 0.6 is 11.6 Å². The zero-order chi connectivity index (χ0) is 16.2. The van der Waals surface area contributed by atoms with Crippen LogP contribution in [0.5, 0.6) is 5.75 Å². The second-order valence-corrected chi connectivity index (χ2v) is 5.13. The lowest BCUT2D eigenvalue weighted by Crippen LogP contribution is -2.16. The van der Waals surface area contributed by atoms with Gasteiger partial charge in [-0.3, -0.25) is 9.36 Å². The lowest BCUT2D eigenvalue weighted by Gasteiger charge is -2.10. The molecule has 1 aromatic heterocycles. The molecule has 0 atom stereocenters. The highest BCUT2D eigenvalue weighted by molar-refractivity contribution is 6.33. The molecule has 23 heavy (non-hydrogen) atoms. The maximum absolute atomic E-state index is 12.5. The zero-order valence-electron chi connectivity index (χ0n) is 12.4. The van der Waals surface area contributed by atoms with E-state index in [1.54, 1.807) is 23.8 Å². The molecule has 1 N–H and O–H groups in total. The van der Waals surface area contributed by atoms with Gasteiger partial charge in [0, 0.05) is 11.4 Å². The largest absolute Gasteiger partial charge is 0.497 e. The van der Waals surface area contributed by atoms with Gasteiger partial charge in [-0.15, -0.1) is 0 Å². The van der Waals surface area contributed by atoms with Crippen molar-refractivity contribution < 1.29 is 9.53 Å². The molecular weight excluding hydrogens is 314 g/mol. The first-order chi connectivity index (χ1) is 11.2. The fourth-order valence-corrected chi connectivity index (χ4v) is 2.40. The smallest absolute Gasteiger partial charge is 0.275 e. The van der Waals surface area contributed by atoms with Crippen LogP contribution in [0, 0.1) is 0 Å². The van der Waals surface area contributed by atoms with Crippen molar-refractivity contribution in [1.29, 1.82) is 0 Å². The van der Waals surface area contributed by atoms with Crippen molar-refractivity contribution >= 4 is 23.2 Å². The van der Waals surface area contributed by atoms with Gasteiger partial charge in [-0.25, -0.2) is 4.98 Å². The van der Waals surface area contributed by atoms with Gasteiger partial charge in [0.25, 0.3) is 5.91 Å². The first-order valence-electron chi connectivity index (χ1n) is 6.92. The number of carbonyl (C=O) groups is 1. The van der Waals surface area contributed by atoms with Crippen molar-refractivity contribution in [1.82, 2.24) is 9.55 Å². The Hall–Kier alpha value is -2.79. The van der Waals surface area contributed by atoms with E-state index < -0.39 is 0 Å². The third-order valence-electron chi connectivity index (χ3n) is 3.32. The minimum atomic E-state index is -0.325. The normalized spacial score (nSPS) is 10.3. The molecule has 0 spiro atoms. The summed E-state index contributed by atoms with van der Waals surface area (Å²) in [6.07, 6.45) is 1.52. The molecule has 5 nitrogen and oxygen atoms in total. The van der Waals surface area contributed by atoms with Crippen LogP contribution < -0.4 is 10.1 Å². The van der Waals surface area contributed by atoms with Gasteiger partial charge in [0.1, 0.15) is 12.1 Å². The maximum Gasteiger partial charge on any atom is 0.275 e. The average molecular weight is 328 g/mol. The molecule has 116 valence electrons. The fourth-order valence-electron chi connectivity index (χ4n) is 2.18. The number of aromatic nitrogens is 2. The number of carbonyl (C=O) groups excluding carboxylic acids is 1.